The molecule has 7 heteroatoms. The number of carbonyl (C=O) groups excluding carboxylic acids is 1. The van der Waals surface area contributed by atoms with Crippen molar-refractivity contribution >= 4 is 5.91 Å². The molecular weight excluding hydrogens is 427 g/mol. The molecular formula is C26H34F3N3O. The van der Waals surface area contributed by atoms with Crippen molar-refractivity contribution in [3.05, 3.63) is 46.6 Å². The van der Waals surface area contributed by atoms with E-state index < -0.39 is 11.7 Å². The molecule has 1 amide bonds. The molecule has 1 aliphatic carbocycles. The summed E-state index contributed by atoms with van der Waals surface area (Å²) in [5.74, 6) is 0.301. The summed E-state index contributed by atoms with van der Waals surface area (Å²) in [6, 6.07) is 5.68. The van der Waals surface area contributed by atoms with Crippen LogP contribution in [-0.2, 0) is 12.7 Å². The second-order valence-electron chi connectivity index (χ2n) is 9.66. The van der Waals surface area contributed by atoms with E-state index in [9.17, 15) is 18.0 Å². The van der Waals surface area contributed by atoms with E-state index in [4.69, 9.17) is 0 Å². The third kappa shape index (κ3) is 5.45. The minimum Gasteiger partial charge on any atom is -0.344 e. The van der Waals surface area contributed by atoms with Gasteiger partial charge < -0.3 is 4.57 Å². The number of hydrazine groups is 1. The molecule has 2 aliphatic rings. The fraction of sp³-hybridized carbons (Fsp3) is 0.577. The van der Waals surface area contributed by atoms with E-state index in [1.54, 1.807) is 6.07 Å². The van der Waals surface area contributed by atoms with Crippen LogP contribution in [0.3, 0.4) is 0 Å². The largest absolute Gasteiger partial charge is 0.416 e. The van der Waals surface area contributed by atoms with Gasteiger partial charge in [0.05, 0.1) is 11.1 Å². The van der Waals surface area contributed by atoms with E-state index in [2.05, 4.69) is 9.99 Å². The first-order valence-corrected chi connectivity index (χ1v) is 12.2. The Kier molecular flexibility index (Phi) is 7.17. The summed E-state index contributed by atoms with van der Waals surface area (Å²) < 4.78 is 42.5. The van der Waals surface area contributed by atoms with Crippen molar-refractivity contribution in [1.29, 1.82) is 0 Å². The van der Waals surface area contributed by atoms with Gasteiger partial charge in [0.15, 0.2) is 0 Å². The zero-order chi connectivity index (χ0) is 23.6. The fourth-order valence-electron chi connectivity index (χ4n) is 5.25. The Balaban J connectivity index is 1.73. The monoisotopic (exact) mass is 461 g/mol. The van der Waals surface area contributed by atoms with Gasteiger partial charge in [-0.1, -0.05) is 31.7 Å². The summed E-state index contributed by atoms with van der Waals surface area (Å²) in [5, 5.41) is 1.96. The predicted molar refractivity (Wildman–Crippen MR) is 124 cm³/mol. The summed E-state index contributed by atoms with van der Waals surface area (Å²) in [7, 11) is 0. The van der Waals surface area contributed by atoms with Crippen LogP contribution in [0.25, 0.3) is 11.3 Å². The van der Waals surface area contributed by atoms with Crippen molar-refractivity contribution in [3.8, 4) is 11.3 Å². The first kappa shape index (κ1) is 23.9. The van der Waals surface area contributed by atoms with Crippen molar-refractivity contribution in [1.82, 2.24) is 15.0 Å². The van der Waals surface area contributed by atoms with Crippen LogP contribution in [0.5, 0.6) is 0 Å². The molecule has 0 radical (unpaired) electrons. The Hall–Kier alpha value is -2.28. The minimum absolute atomic E-state index is 0.178. The number of aryl methyl sites for hydroxylation is 1. The summed E-state index contributed by atoms with van der Waals surface area (Å²) in [5.41, 5.74) is 5.74. The average molecular weight is 462 g/mol. The van der Waals surface area contributed by atoms with Crippen LogP contribution in [-0.4, -0.2) is 28.6 Å². The molecule has 180 valence electrons. The molecule has 1 saturated carbocycles. The summed E-state index contributed by atoms with van der Waals surface area (Å²) >= 11 is 0. The maximum absolute atomic E-state index is 13.5. The third-order valence-electron chi connectivity index (χ3n) is 7.23. The number of hydrogen-bond donors (Lipinski definition) is 1. The molecule has 2 fully saturated rings. The first-order chi connectivity index (χ1) is 15.7. The SMILES string of the molecule is Cc1ccc(C(F)(F)F)cc1-c1cc(C(=O)NN2CCCCC2)c(C)n1CC1CCCCC1. The van der Waals surface area contributed by atoms with Gasteiger partial charge in [-0.25, -0.2) is 5.01 Å². The van der Waals surface area contributed by atoms with E-state index in [1.165, 1.54) is 37.8 Å². The van der Waals surface area contributed by atoms with Crippen molar-refractivity contribution in [2.45, 2.75) is 77.9 Å². The molecule has 1 aliphatic heterocycles. The highest BCUT2D eigenvalue weighted by atomic mass is 19.4. The van der Waals surface area contributed by atoms with Gasteiger partial charge in [-0.2, -0.15) is 13.2 Å². The molecule has 0 atom stereocenters. The Morgan fingerprint density at radius 3 is 2.33 bits per heavy atom. The number of piperidine rings is 1. The second kappa shape index (κ2) is 9.92. The van der Waals surface area contributed by atoms with E-state index in [0.29, 0.717) is 22.7 Å². The van der Waals surface area contributed by atoms with Gasteiger partial charge in [-0.05, 0) is 69.2 Å². The Morgan fingerprint density at radius 2 is 1.67 bits per heavy atom. The number of alkyl halides is 3. The highest BCUT2D eigenvalue weighted by molar-refractivity contribution is 5.96. The van der Waals surface area contributed by atoms with Gasteiger partial charge in [0.25, 0.3) is 5.91 Å². The normalized spacial score (nSPS) is 18.5. The molecule has 0 spiro atoms. The summed E-state index contributed by atoms with van der Waals surface area (Å²) in [6.07, 6.45) is 4.71. The Bertz CT molecular complexity index is 983. The molecule has 1 saturated heterocycles. The van der Waals surface area contributed by atoms with Gasteiger partial charge in [-0.15, -0.1) is 0 Å². The number of carbonyl (C=O) groups is 1. The average Bonchev–Trinajstić information content (AvgIpc) is 3.11. The van der Waals surface area contributed by atoms with Gasteiger partial charge >= 0.3 is 6.18 Å². The molecule has 2 heterocycles. The number of nitrogens with one attached hydrogen (secondary N) is 1. The first-order valence-electron chi connectivity index (χ1n) is 12.2. The van der Waals surface area contributed by atoms with Gasteiger partial charge in [0.1, 0.15) is 0 Å². The third-order valence-corrected chi connectivity index (χ3v) is 7.23. The van der Waals surface area contributed by atoms with Crippen LogP contribution >= 0.6 is 0 Å². The minimum atomic E-state index is -4.41. The second-order valence-corrected chi connectivity index (χ2v) is 9.66. The summed E-state index contributed by atoms with van der Waals surface area (Å²) in [4.78, 5) is 13.2. The number of benzene rings is 1. The van der Waals surface area contributed by atoms with E-state index in [0.717, 1.165) is 62.6 Å². The number of amides is 1. The highest BCUT2D eigenvalue weighted by Gasteiger charge is 2.32. The van der Waals surface area contributed by atoms with E-state index in [-0.39, 0.29) is 5.91 Å². The van der Waals surface area contributed by atoms with E-state index in [1.807, 2.05) is 18.9 Å². The van der Waals surface area contributed by atoms with Gasteiger partial charge in [0, 0.05) is 36.6 Å². The summed E-state index contributed by atoms with van der Waals surface area (Å²) in [6.45, 7) is 6.13. The van der Waals surface area contributed by atoms with Crippen LogP contribution in [0.15, 0.2) is 24.3 Å². The maximum atomic E-state index is 13.5. The number of hydrogen-bond acceptors (Lipinski definition) is 2. The Labute approximate surface area is 194 Å². The van der Waals surface area contributed by atoms with Crippen molar-refractivity contribution in [3.63, 3.8) is 0 Å². The van der Waals surface area contributed by atoms with Crippen molar-refractivity contribution < 1.29 is 18.0 Å². The lowest BCUT2D eigenvalue weighted by Gasteiger charge is -2.27. The molecule has 1 aromatic heterocycles. The standard InChI is InChI=1S/C26H34F3N3O/c1-18-11-12-21(26(27,28)29)15-22(18)24-16-23(25(33)30-31-13-7-4-8-14-31)19(2)32(24)17-20-9-5-3-6-10-20/h11-12,15-16,20H,3-10,13-14,17H2,1-2H3,(H,30,33). The van der Waals surface area contributed by atoms with E-state index >= 15 is 0 Å². The molecule has 0 unspecified atom stereocenters. The van der Waals surface area contributed by atoms with Crippen LogP contribution in [0.4, 0.5) is 13.2 Å². The highest BCUT2D eigenvalue weighted by Crippen LogP contribution is 2.36. The molecule has 0 bridgehead atoms. The topological polar surface area (TPSA) is 37.3 Å². The quantitative estimate of drug-likeness (QED) is 0.552. The lowest BCUT2D eigenvalue weighted by molar-refractivity contribution is -0.137. The number of aromatic nitrogens is 1. The number of nitrogens with zero attached hydrogens (tertiary/aromatic N) is 2. The zero-order valence-electron chi connectivity index (χ0n) is 19.6. The molecule has 1 N–H and O–H groups in total. The number of rotatable bonds is 5. The van der Waals surface area contributed by atoms with Gasteiger partial charge in [-0.3, -0.25) is 10.2 Å². The number of halogens is 3. The van der Waals surface area contributed by atoms with Crippen LogP contribution in [0, 0.1) is 19.8 Å². The zero-order valence-corrected chi connectivity index (χ0v) is 19.6. The van der Waals surface area contributed by atoms with Crippen LogP contribution in [0.2, 0.25) is 0 Å². The van der Waals surface area contributed by atoms with Crippen LogP contribution < -0.4 is 5.43 Å². The lowest BCUT2D eigenvalue weighted by atomic mass is 9.89. The Morgan fingerprint density at radius 1 is 1.00 bits per heavy atom. The predicted octanol–water partition coefficient (Wildman–Crippen LogP) is 6.50. The lowest BCUT2D eigenvalue weighted by Crippen LogP contribution is -2.45. The molecule has 4 rings (SSSR count). The smallest absolute Gasteiger partial charge is 0.344 e. The maximum Gasteiger partial charge on any atom is 0.416 e. The molecule has 1 aromatic carbocycles. The van der Waals surface area contributed by atoms with Crippen molar-refractivity contribution in [2.75, 3.05) is 13.1 Å². The van der Waals surface area contributed by atoms with Crippen molar-refractivity contribution in [2.24, 2.45) is 5.92 Å². The molecule has 33 heavy (non-hydrogen) atoms. The fourth-order valence-corrected chi connectivity index (χ4v) is 5.25. The molecule has 4 nitrogen and oxygen atoms in total. The van der Waals surface area contributed by atoms with Crippen LogP contribution in [0.1, 0.15) is 78.5 Å². The molecule has 2 aromatic rings. The van der Waals surface area contributed by atoms with Gasteiger partial charge in [0.2, 0.25) is 0 Å².